The fourth-order valence-electron chi connectivity index (χ4n) is 5.06. The van der Waals surface area contributed by atoms with E-state index < -0.39 is 0 Å². The molecule has 1 unspecified atom stereocenters. The van der Waals surface area contributed by atoms with E-state index >= 15 is 0 Å². The van der Waals surface area contributed by atoms with Crippen LogP contribution in [-0.2, 0) is 0 Å². The second-order valence-corrected chi connectivity index (χ2v) is 7.67. The summed E-state index contributed by atoms with van der Waals surface area (Å²) >= 11 is 0. The third-order valence-corrected chi connectivity index (χ3v) is 5.98. The maximum atomic E-state index is 2.67. The number of likely N-dealkylation sites (tertiary alicyclic amines) is 1. The van der Waals surface area contributed by atoms with E-state index in [9.17, 15) is 0 Å². The Kier molecular flexibility index (Phi) is 5.00. The van der Waals surface area contributed by atoms with Crippen molar-refractivity contribution in [1.82, 2.24) is 4.90 Å². The Morgan fingerprint density at radius 2 is 1.70 bits per heavy atom. The predicted octanol–water partition coefficient (Wildman–Crippen LogP) is 5.27. The highest BCUT2D eigenvalue weighted by molar-refractivity contribution is 5.33. The molecule has 20 heavy (non-hydrogen) atoms. The van der Waals surface area contributed by atoms with E-state index in [4.69, 9.17) is 0 Å². The van der Waals surface area contributed by atoms with Crippen molar-refractivity contribution in [3.8, 4) is 0 Å². The minimum atomic E-state index is 0.561. The van der Waals surface area contributed by atoms with Crippen LogP contribution in [0.4, 0.5) is 0 Å². The van der Waals surface area contributed by atoms with Crippen LogP contribution in [0.2, 0.25) is 0 Å². The molecule has 0 amide bonds. The van der Waals surface area contributed by atoms with Crippen LogP contribution in [0.1, 0.15) is 73.6 Å². The first kappa shape index (κ1) is 16.1. The quantitative estimate of drug-likeness (QED) is 0.633. The number of nitrogens with zero attached hydrogens (tertiary/aromatic N) is 1. The Labute approximate surface area is 126 Å². The summed E-state index contributed by atoms with van der Waals surface area (Å²) in [6, 6.07) is 0.716. The van der Waals surface area contributed by atoms with Crippen LogP contribution in [-0.4, -0.2) is 24.0 Å². The van der Waals surface area contributed by atoms with Crippen LogP contribution in [0.3, 0.4) is 0 Å². The molecule has 0 bridgehead atoms. The maximum absolute atomic E-state index is 2.67. The molecule has 0 aromatic heterocycles. The van der Waals surface area contributed by atoms with Gasteiger partial charge in [-0.3, -0.25) is 0 Å². The third kappa shape index (κ3) is 2.71. The van der Waals surface area contributed by atoms with E-state index in [0.717, 1.165) is 11.8 Å². The van der Waals surface area contributed by atoms with Crippen molar-refractivity contribution in [3.05, 3.63) is 11.1 Å². The van der Waals surface area contributed by atoms with Gasteiger partial charge in [0, 0.05) is 6.04 Å². The average molecular weight is 277 g/mol. The minimum absolute atomic E-state index is 0.561. The SMILES string of the molecule is CCC1=C(C(C)C)C2(CCN(C(C)C)CC2)CC1CC. The van der Waals surface area contributed by atoms with E-state index in [2.05, 4.69) is 46.4 Å². The number of allylic oxidation sites excluding steroid dienone is 2. The highest BCUT2D eigenvalue weighted by atomic mass is 15.2. The maximum Gasteiger partial charge on any atom is 0.00386 e. The minimum Gasteiger partial charge on any atom is -0.301 e. The number of hydrogen-bond donors (Lipinski definition) is 0. The van der Waals surface area contributed by atoms with Crippen LogP contribution in [0.25, 0.3) is 0 Å². The molecule has 0 N–H and O–H groups in total. The Morgan fingerprint density at radius 1 is 1.10 bits per heavy atom. The van der Waals surface area contributed by atoms with Gasteiger partial charge in [0.2, 0.25) is 0 Å². The molecule has 2 aliphatic rings. The molecule has 1 aliphatic heterocycles. The lowest BCUT2D eigenvalue weighted by Gasteiger charge is -2.44. The van der Waals surface area contributed by atoms with Crippen LogP contribution < -0.4 is 0 Å². The summed E-state index contributed by atoms with van der Waals surface area (Å²) in [5.41, 5.74) is 4.27. The van der Waals surface area contributed by atoms with Crippen molar-refractivity contribution < 1.29 is 0 Å². The second-order valence-electron chi connectivity index (χ2n) is 7.67. The van der Waals surface area contributed by atoms with E-state index in [1.165, 1.54) is 45.2 Å². The summed E-state index contributed by atoms with van der Waals surface area (Å²) in [5, 5.41) is 0. The van der Waals surface area contributed by atoms with Gasteiger partial charge in [-0.05, 0) is 76.3 Å². The van der Waals surface area contributed by atoms with Crippen LogP contribution >= 0.6 is 0 Å². The Balaban J connectivity index is 2.26. The first-order valence-electron chi connectivity index (χ1n) is 8.92. The molecule has 1 spiro atoms. The molecule has 1 heteroatoms. The topological polar surface area (TPSA) is 3.24 Å². The van der Waals surface area contributed by atoms with E-state index in [1.54, 1.807) is 0 Å². The molecule has 1 nitrogen and oxygen atoms in total. The first-order chi connectivity index (χ1) is 9.45. The molecular formula is C19H35N. The summed E-state index contributed by atoms with van der Waals surface area (Å²) in [7, 11) is 0. The number of piperidine rings is 1. The van der Waals surface area contributed by atoms with Gasteiger partial charge in [-0.2, -0.15) is 0 Å². The molecule has 116 valence electrons. The molecule has 2 rings (SSSR count). The largest absolute Gasteiger partial charge is 0.301 e. The zero-order valence-electron chi connectivity index (χ0n) is 14.6. The Bertz CT molecular complexity index is 356. The van der Waals surface area contributed by atoms with Gasteiger partial charge in [0.05, 0.1) is 0 Å². The lowest BCUT2D eigenvalue weighted by atomic mass is 9.69. The van der Waals surface area contributed by atoms with Gasteiger partial charge >= 0.3 is 0 Å². The van der Waals surface area contributed by atoms with Crippen molar-refractivity contribution in [2.75, 3.05) is 13.1 Å². The molecule has 0 aromatic carbocycles. The Morgan fingerprint density at radius 3 is 2.10 bits per heavy atom. The lowest BCUT2D eigenvalue weighted by molar-refractivity contribution is 0.0953. The molecular weight excluding hydrogens is 242 g/mol. The molecule has 1 saturated heterocycles. The monoisotopic (exact) mass is 277 g/mol. The molecule has 1 atom stereocenters. The van der Waals surface area contributed by atoms with Crippen LogP contribution in [0, 0.1) is 17.3 Å². The summed E-state index contributed by atoms with van der Waals surface area (Å²) in [6.07, 6.45) is 6.88. The van der Waals surface area contributed by atoms with Crippen molar-refractivity contribution in [3.63, 3.8) is 0 Å². The van der Waals surface area contributed by atoms with Gasteiger partial charge in [0.25, 0.3) is 0 Å². The third-order valence-electron chi connectivity index (χ3n) is 5.98. The van der Waals surface area contributed by atoms with Crippen molar-refractivity contribution in [2.24, 2.45) is 17.3 Å². The first-order valence-corrected chi connectivity index (χ1v) is 8.92. The van der Waals surface area contributed by atoms with Gasteiger partial charge in [-0.1, -0.05) is 38.8 Å². The summed E-state index contributed by atoms with van der Waals surface area (Å²) in [6.45, 7) is 16.9. The van der Waals surface area contributed by atoms with Crippen LogP contribution in [0.15, 0.2) is 11.1 Å². The van der Waals surface area contributed by atoms with Gasteiger partial charge in [0.15, 0.2) is 0 Å². The Hall–Kier alpha value is -0.300. The van der Waals surface area contributed by atoms with Gasteiger partial charge in [-0.25, -0.2) is 0 Å². The number of rotatable bonds is 4. The van der Waals surface area contributed by atoms with Gasteiger partial charge in [-0.15, -0.1) is 0 Å². The predicted molar refractivity (Wildman–Crippen MR) is 88.9 cm³/mol. The zero-order valence-corrected chi connectivity index (χ0v) is 14.6. The van der Waals surface area contributed by atoms with Gasteiger partial charge in [0.1, 0.15) is 0 Å². The second kappa shape index (κ2) is 6.22. The van der Waals surface area contributed by atoms with Crippen molar-refractivity contribution in [2.45, 2.75) is 79.7 Å². The normalized spacial score (nSPS) is 27.3. The molecule has 1 aliphatic carbocycles. The molecule has 0 radical (unpaired) electrons. The fourth-order valence-corrected chi connectivity index (χ4v) is 5.06. The molecule has 0 aromatic rings. The van der Waals surface area contributed by atoms with Crippen molar-refractivity contribution >= 4 is 0 Å². The van der Waals surface area contributed by atoms with E-state index in [-0.39, 0.29) is 0 Å². The smallest absolute Gasteiger partial charge is 0.00386 e. The molecule has 0 saturated carbocycles. The van der Waals surface area contributed by atoms with E-state index in [0.29, 0.717) is 11.5 Å². The van der Waals surface area contributed by atoms with Crippen molar-refractivity contribution in [1.29, 1.82) is 0 Å². The van der Waals surface area contributed by atoms with Crippen LogP contribution in [0.5, 0.6) is 0 Å². The lowest BCUT2D eigenvalue weighted by Crippen LogP contribution is -2.44. The van der Waals surface area contributed by atoms with E-state index in [1.807, 2.05) is 11.1 Å². The number of hydrogen-bond acceptors (Lipinski definition) is 1. The average Bonchev–Trinajstić information content (AvgIpc) is 2.72. The molecule has 1 heterocycles. The molecule has 1 fully saturated rings. The zero-order chi connectivity index (χ0) is 14.9. The standard InChI is InChI=1S/C19H35N/c1-7-16-13-19(18(14(3)4)17(16)8-2)9-11-20(12-10-19)15(5)6/h14-16H,7-13H2,1-6H3. The van der Waals surface area contributed by atoms with Gasteiger partial charge < -0.3 is 4.90 Å². The fraction of sp³-hybridized carbons (Fsp3) is 0.895. The summed E-state index contributed by atoms with van der Waals surface area (Å²) < 4.78 is 0. The summed E-state index contributed by atoms with van der Waals surface area (Å²) in [5.74, 6) is 1.62. The highest BCUT2D eigenvalue weighted by Gasteiger charge is 2.46. The summed E-state index contributed by atoms with van der Waals surface area (Å²) in [4.78, 5) is 2.67. The highest BCUT2D eigenvalue weighted by Crippen LogP contribution is 2.56.